The van der Waals surface area contributed by atoms with Crippen molar-refractivity contribution >= 4 is 17.3 Å². The summed E-state index contributed by atoms with van der Waals surface area (Å²) < 4.78 is 19.2. The molecule has 1 saturated heterocycles. The maximum Gasteiger partial charge on any atom is 0.124 e. The van der Waals surface area contributed by atoms with Crippen molar-refractivity contribution in [1.29, 1.82) is 0 Å². The summed E-state index contributed by atoms with van der Waals surface area (Å²) in [5.74, 6) is -0.308. The normalized spacial score (nSPS) is 25.1. The first-order valence-corrected chi connectivity index (χ1v) is 7.41. The molecule has 19 heavy (non-hydrogen) atoms. The number of ether oxygens (including phenoxy) is 1. The third-order valence-electron chi connectivity index (χ3n) is 4.30. The molecule has 1 aromatic carbocycles. The molecule has 1 aliphatic heterocycles. The van der Waals surface area contributed by atoms with Gasteiger partial charge < -0.3 is 10.1 Å². The van der Waals surface area contributed by atoms with E-state index in [1.807, 2.05) is 0 Å². The van der Waals surface area contributed by atoms with Crippen molar-refractivity contribution < 1.29 is 9.13 Å². The van der Waals surface area contributed by atoms with Gasteiger partial charge in [0.2, 0.25) is 0 Å². The van der Waals surface area contributed by atoms with Crippen molar-refractivity contribution in [1.82, 2.24) is 0 Å². The van der Waals surface area contributed by atoms with Crippen molar-refractivity contribution in [3.8, 4) is 0 Å². The van der Waals surface area contributed by atoms with Crippen LogP contribution in [0.4, 0.5) is 10.1 Å². The van der Waals surface area contributed by atoms with Gasteiger partial charge in [-0.15, -0.1) is 0 Å². The van der Waals surface area contributed by atoms with Crippen molar-refractivity contribution in [3.63, 3.8) is 0 Å². The first-order chi connectivity index (χ1) is 9.17. The summed E-state index contributed by atoms with van der Waals surface area (Å²) in [6, 6.07) is 4.43. The molecule has 1 saturated carbocycles. The summed E-state index contributed by atoms with van der Waals surface area (Å²) in [5, 5.41) is 3.69. The molecule has 2 fully saturated rings. The van der Waals surface area contributed by atoms with Crippen LogP contribution in [0.2, 0.25) is 5.02 Å². The van der Waals surface area contributed by atoms with Crippen LogP contribution in [0, 0.1) is 5.82 Å². The van der Waals surface area contributed by atoms with Crippen molar-refractivity contribution in [2.75, 3.05) is 11.9 Å². The summed E-state index contributed by atoms with van der Waals surface area (Å²) in [5.41, 5.74) is 0.943. The zero-order valence-electron chi connectivity index (χ0n) is 10.9. The number of rotatable bonds is 3. The summed E-state index contributed by atoms with van der Waals surface area (Å²) in [7, 11) is 0. The van der Waals surface area contributed by atoms with Gasteiger partial charge in [0, 0.05) is 6.54 Å². The Bertz CT molecular complexity index is 459. The topological polar surface area (TPSA) is 21.3 Å². The summed E-state index contributed by atoms with van der Waals surface area (Å²) in [6.07, 6.45) is 7.54. The van der Waals surface area contributed by atoms with Crippen LogP contribution in [0.25, 0.3) is 0 Å². The van der Waals surface area contributed by atoms with E-state index in [-0.39, 0.29) is 17.5 Å². The van der Waals surface area contributed by atoms with Gasteiger partial charge in [0.15, 0.2) is 0 Å². The molecule has 0 aromatic heterocycles. The lowest BCUT2D eigenvalue weighted by molar-refractivity contribution is -0.0307. The van der Waals surface area contributed by atoms with Crippen LogP contribution in [0.3, 0.4) is 0 Å². The number of hydrogen-bond acceptors (Lipinski definition) is 2. The Balaban J connectivity index is 1.55. The fraction of sp³-hybridized carbons (Fsp3) is 0.600. The molecule has 1 N–H and O–H groups in total. The second-order valence-corrected chi connectivity index (χ2v) is 6.08. The molecule has 2 nitrogen and oxygen atoms in total. The molecular weight excluding hydrogens is 265 g/mol. The minimum atomic E-state index is -0.308. The van der Waals surface area contributed by atoms with E-state index in [0.29, 0.717) is 5.02 Å². The Hall–Kier alpha value is -0.800. The molecule has 1 aromatic rings. The number of benzene rings is 1. The lowest BCUT2D eigenvalue weighted by atomic mass is 9.98. The molecule has 0 amide bonds. The third kappa shape index (κ3) is 2.87. The van der Waals surface area contributed by atoms with Crippen LogP contribution in [-0.4, -0.2) is 18.2 Å². The first-order valence-electron chi connectivity index (χ1n) is 7.04. The van der Waals surface area contributed by atoms with Gasteiger partial charge in [-0.25, -0.2) is 4.39 Å². The molecule has 0 bridgehead atoms. The van der Waals surface area contributed by atoms with Gasteiger partial charge in [-0.1, -0.05) is 24.4 Å². The lowest BCUT2D eigenvalue weighted by Gasteiger charge is -2.24. The average Bonchev–Trinajstić information content (AvgIpc) is 2.99. The molecule has 1 spiro atoms. The van der Waals surface area contributed by atoms with Crippen LogP contribution < -0.4 is 5.32 Å². The molecule has 104 valence electrons. The first kappa shape index (κ1) is 13.2. The number of halogens is 2. The van der Waals surface area contributed by atoms with E-state index < -0.39 is 0 Å². The van der Waals surface area contributed by atoms with Gasteiger partial charge in [-0.2, -0.15) is 0 Å². The Morgan fingerprint density at radius 3 is 2.84 bits per heavy atom. The van der Waals surface area contributed by atoms with E-state index in [9.17, 15) is 4.39 Å². The second-order valence-electron chi connectivity index (χ2n) is 5.67. The van der Waals surface area contributed by atoms with Crippen LogP contribution in [0.5, 0.6) is 0 Å². The highest BCUT2D eigenvalue weighted by molar-refractivity contribution is 6.33. The highest BCUT2D eigenvalue weighted by Gasteiger charge is 2.41. The quantitative estimate of drug-likeness (QED) is 0.889. The highest BCUT2D eigenvalue weighted by atomic mass is 35.5. The molecule has 2 aliphatic rings. The monoisotopic (exact) mass is 283 g/mol. The molecule has 1 aliphatic carbocycles. The second kappa shape index (κ2) is 5.29. The molecule has 1 atom stereocenters. The number of anilines is 1. The summed E-state index contributed by atoms with van der Waals surface area (Å²) in [6.45, 7) is 0.743. The van der Waals surface area contributed by atoms with Gasteiger partial charge in [0.1, 0.15) is 5.82 Å². The van der Waals surface area contributed by atoms with Gasteiger partial charge in [0.05, 0.1) is 22.4 Å². The largest absolute Gasteiger partial charge is 0.381 e. The minimum Gasteiger partial charge on any atom is -0.381 e. The maximum absolute atomic E-state index is 13.0. The molecule has 0 radical (unpaired) electrons. The van der Waals surface area contributed by atoms with E-state index in [2.05, 4.69) is 5.32 Å². The average molecular weight is 284 g/mol. The van der Waals surface area contributed by atoms with Crippen LogP contribution in [0.15, 0.2) is 18.2 Å². The van der Waals surface area contributed by atoms with Crippen LogP contribution in [-0.2, 0) is 4.74 Å². The van der Waals surface area contributed by atoms with E-state index in [1.165, 1.54) is 44.2 Å². The molecule has 4 heteroatoms. The highest BCUT2D eigenvalue weighted by Crippen LogP contribution is 2.43. The summed E-state index contributed by atoms with van der Waals surface area (Å²) >= 11 is 5.99. The predicted molar refractivity (Wildman–Crippen MR) is 75.2 cm³/mol. The molecular formula is C15H19ClFNO. The van der Waals surface area contributed by atoms with Gasteiger partial charge in [-0.05, 0) is 43.9 Å². The molecule has 3 rings (SSSR count). The third-order valence-corrected chi connectivity index (χ3v) is 4.62. The SMILES string of the molecule is Fc1ccc(NCC2CCC3(CCCC3)O2)c(Cl)c1. The van der Waals surface area contributed by atoms with Gasteiger partial charge >= 0.3 is 0 Å². The van der Waals surface area contributed by atoms with E-state index in [0.717, 1.165) is 18.7 Å². The van der Waals surface area contributed by atoms with E-state index in [1.54, 1.807) is 6.07 Å². The smallest absolute Gasteiger partial charge is 0.124 e. The van der Waals surface area contributed by atoms with Crippen LogP contribution in [0.1, 0.15) is 38.5 Å². The maximum atomic E-state index is 13.0. The summed E-state index contributed by atoms with van der Waals surface area (Å²) in [4.78, 5) is 0. The van der Waals surface area contributed by atoms with Gasteiger partial charge in [0.25, 0.3) is 0 Å². The Morgan fingerprint density at radius 1 is 1.32 bits per heavy atom. The number of nitrogens with one attached hydrogen (secondary N) is 1. The molecule has 1 unspecified atom stereocenters. The molecule has 1 heterocycles. The van der Waals surface area contributed by atoms with Crippen LogP contribution >= 0.6 is 11.6 Å². The Labute approximate surface area is 118 Å². The Morgan fingerprint density at radius 2 is 2.11 bits per heavy atom. The predicted octanol–water partition coefficient (Wildman–Crippen LogP) is 4.38. The van der Waals surface area contributed by atoms with Crippen molar-refractivity contribution in [2.24, 2.45) is 0 Å². The fourth-order valence-corrected chi connectivity index (χ4v) is 3.52. The Kier molecular flexibility index (Phi) is 3.68. The fourth-order valence-electron chi connectivity index (χ4n) is 3.28. The van der Waals surface area contributed by atoms with Crippen molar-refractivity contribution in [2.45, 2.75) is 50.2 Å². The van der Waals surface area contributed by atoms with E-state index in [4.69, 9.17) is 16.3 Å². The zero-order chi connectivity index (χ0) is 13.3. The standard InChI is InChI=1S/C15H19ClFNO/c16-13-9-11(17)3-4-14(13)18-10-12-5-8-15(19-12)6-1-2-7-15/h3-4,9,12,18H,1-2,5-8,10H2. The van der Waals surface area contributed by atoms with Gasteiger partial charge in [-0.3, -0.25) is 0 Å². The van der Waals surface area contributed by atoms with Crippen molar-refractivity contribution in [3.05, 3.63) is 29.0 Å². The van der Waals surface area contributed by atoms with E-state index >= 15 is 0 Å². The zero-order valence-corrected chi connectivity index (χ0v) is 11.7. The lowest BCUT2D eigenvalue weighted by Crippen LogP contribution is -2.27. The minimum absolute atomic E-state index is 0.166. The number of hydrogen-bond donors (Lipinski definition) is 1.